The van der Waals surface area contributed by atoms with Crippen LogP contribution in [0.3, 0.4) is 0 Å². The summed E-state index contributed by atoms with van der Waals surface area (Å²) in [4.78, 5) is 18.9. The number of alkyl halides is 2. The average molecular weight is 434 g/mol. The number of piperazine rings is 1. The van der Waals surface area contributed by atoms with Gasteiger partial charge in [0.1, 0.15) is 9.24 Å². The Hall–Kier alpha value is -1.56. The SMILES string of the molecule is Cc1ccc(S(=O)(=O)N2CCN(C(=O)c3cccnc3SC(F)F)CC2)s1. The Bertz CT molecular complexity index is 926. The van der Waals surface area contributed by atoms with Crippen LogP contribution in [-0.2, 0) is 10.0 Å². The van der Waals surface area contributed by atoms with Gasteiger partial charge in [0, 0.05) is 37.3 Å². The first-order valence-electron chi connectivity index (χ1n) is 8.05. The topological polar surface area (TPSA) is 70.6 Å². The Morgan fingerprint density at radius 3 is 2.52 bits per heavy atom. The van der Waals surface area contributed by atoms with Crippen molar-refractivity contribution in [2.24, 2.45) is 0 Å². The van der Waals surface area contributed by atoms with E-state index in [1.807, 2.05) is 6.92 Å². The lowest BCUT2D eigenvalue weighted by Gasteiger charge is -2.33. The molecule has 1 saturated heterocycles. The van der Waals surface area contributed by atoms with Crippen LogP contribution >= 0.6 is 23.1 Å². The van der Waals surface area contributed by atoms with Gasteiger partial charge in [-0.25, -0.2) is 13.4 Å². The van der Waals surface area contributed by atoms with Gasteiger partial charge in [-0.2, -0.15) is 13.1 Å². The maximum Gasteiger partial charge on any atom is 0.290 e. The molecule has 0 unspecified atom stereocenters. The summed E-state index contributed by atoms with van der Waals surface area (Å²) >= 11 is 1.43. The van der Waals surface area contributed by atoms with Gasteiger partial charge < -0.3 is 4.90 Å². The molecule has 2 aromatic heterocycles. The van der Waals surface area contributed by atoms with E-state index in [4.69, 9.17) is 0 Å². The van der Waals surface area contributed by atoms with Gasteiger partial charge in [0.05, 0.1) is 5.56 Å². The number of thiophene rings is 1. The van der Waals surface area contributed by atoms with Crippen LogP contribution in [-0.4, -0.2) is 60.5 Å². The molecule has 0 atom stereocenters. The van der Waals surface area contributed by atoms with Gasteiger partial charge in [0.2, 0.25) is 0 Å². The zero-order valence-electron chi connectivity index (χ0n) is 14.3. The second kappa shape index (κ2) is 8.21. The Balaban J connectivity index is 1.70. The fraction of sp³-hybridized carbons (Fsp3) is 0.375. The van der Waals surface area contributed by atoms with Gasteiger partial charge in [-0.15, -0.1) is 11.3 Å². The molecule has 11 heteroatoms. The first-order chi connectivity index (χ1) is 12.8. The summed E-state index contributed by atoms with van der Waals surface area (Å²) in [5, 5.41) is -0.0263. The van der Waals surface area contributed by atoms with E-state index in [-0.39, 0.29) is 52.7 Å². The number of carbonyl (C=O) groups is 1. The van der Waals surface area contributed by atoms with Gasteiger partial charge in [-0.1, -0.05) is 0 Å². The number of halogens is 2. The predicted octanol–water partition coefficient (Wildman–Crippen LogP) is 2.91. The smallest absolute Gasteiger partial charge is 0.290 e. The molecule has 6 nitrogen and oxygen atoms in total. The number of aromatic nitrogens is 1. The summed E-state index contributed by atoms with van der Waals surface area (Å²) in [6.07, 6.45) is 1.36. The molecule has 2 aromatic rings. The molecular weight excluding hydrogens is 416 g/mol. The highest BCUT2D eigenvalue weighted by Gasteiger charge is 2.32. The van der Waals surface area contributed by atoms with Gasteiger partial charge in [-0.05, 0) is 43.0 Å². The van der Waals surface area contributed by atoms with Crippen molar-refractivity contribution in [2.45, 2.75) is 21.9 Å². The molecule has 146 valence electrons. The van der Waals surface area contributed by atoms with Crippen molar-refractivity contribution in [3.05, 3.63) is 40.9 Å². The maximum absolute atomic E-state index is 12.7. The van der Waals surface area contributed by atoms with Gasteiger partial charge in [-0.3, -0.25) is 4.79 Å². The molecule has 0 bridgehead atoms. The van der Waals surface area contributed by atoms with Crippen LogP contribution in [0.25, 0.3) is 0 Å². The molecule has 0 N–H and O–H groups in total. The Kier molecular flexibility index (Phi) is 6.14. The zero-order chi connectivity index (χ0) is 19.6. The third-order valence-corrected chi connectivity index (χ3v) is 8.13. The Morgan fingerprint density at radius 2 is 1.93 bits per heavy atom. The van der Waals surface area contributed by atoms with Gasteiger partial charge in [0.15, 0.2) is 0 Å². The van der Waals surface area contributed by atoms with Gasteiger partial charge >= 0.3 is 0 Å². The molecule has 0 spiro atoms. The number of rotatable bonds is 5. The first kappa shape index (κ1) is 20.2. The van der Waals surface area contributed by atoms with E-state index in [9.17, 15) is 22.0 Å². The quantitative estimate of drug-likeness (QED) is 0.678. The lowest BCUT2D eigenvalue weighted by molar-refractivity contribution is 0.0693. The number of thioether (sulfide) groups is 1. The minimum atomic E-state index is -3.58. The molecule has 1 fully saturated rings. The minimum absolute atomic E-state index is 0.0263. The highest BCUT2D eigenvalue weighted by Crippen LogP contribution is 2.28. The van der Waals surface area contributed by atoms with Crippen molar-refractivity contribution in [1.82, 2.24) is 14.2 Å². The van der Waals surface area contributed by atoms with Crippen LogP contribution in [0.5, 0.6) is 0 Å². The molecule has 3 heterocycles. The number of nitrogens with zero attached hydrogens (tertiary/aromatic N) is 3. The molecule has 0 radical (unpaired) electrons. The average Bonchev–Trinajstić information content (AvgIpc) is 3.08. The van der Waals surface area contributed by atoms with E-state index in [1.54, 1.807) is 12.1 Å². The lowest BCUT2D eigenvalue weighted by atomic mass is 10.2. The monoisotopic (exact) mass is 433 g/mol. The summed E-state index contributed by atoms with van der Waals surface area (Å²) in [6, 6.07) is 6.30. The molecular formula is C16H17F2N3O3S3. The number of amides is 1. The minimum Gasteiger partial charge on any atom is -0.336 e. The third kappa shape index (κ3) is 4.48. The molecule has 27 heavy (non-hydrogen) atoms. The fourth-order valence-corrected chi connectivity index (χ4v) is 6.14. The molecule has 1 aliphatic rings. The van der Waals surface area contributed by atoms with Crippen molar-refractivity contribution in [1.29, 1.82) is 0 Å². The fourth-order valence-electron chi connectivity index (χ4n) is 2.71. The highest BCUT2D eigenvalue weighted by atomic mass is 32.2. The van der Waals surface area contributed by atoms with Crippen molar-refractivity contribution < 1.29 is 22.0 Å². The first-order valence-corrected chi connectivity index (χ1v) is 11.2. The Morgan fingerprint density at radius 1 is 1.22 bits per heavy atom. The molecule has 1 amide bonds. The van der Waals surface area contributed by atoms with E-state index in [2.05, 4.69) is 4.98 Å². The summed E-state index contributed by atoms with van der Waals surface area (Å²) < 4.78 is 52.3. The molecule has 0 aromatic carbocycles. The van der Waals surface area contributed by atoms with Crippen LogP contribution in [0.1, 0.15) is 15.2 Å². The standard InChI is InChI=1S/C16H17F2N3O3S3/c1-11-4-5-13(25-11)27(23,24)21-9-7-20(8-10-21)15(22)12-3-2-6-19-14(12)26-16(17)18/h2-6,16H,7-10H2,1H3. The zero-order valence-corrected chi connectivity index (χ0v) is 16.8. The number of carbonyl (C=O) groups excluding carboxylic acids is 1. The van der Waals surface area contributed by atoms with Crippen LogP contribution < -0.4 is 0 Å². The molecule has 1 aliphatic heterocycles. The van der Waals surface area contributed by atoms with Gasteiger partial charge in [0.25, 0.3) is 21.7 Å². The van der Waals surface area contributed by atoms with Crippen LogP contribution in [0, 0.1) is 6.92 Å². The number of aryl methyl sites for hydroxylation is 1. The summed E-state index contributed by atoms with van der Waals surface area (Å²) in [6.45, 7) is 2.53. The van der Waals surface area contributed by atoms with E-state index in [0.29, 0.717) is 0 Å². The molecule has 0 saturated carbocycles. The van der Waals surface area contributed by atoms with Crippen molar-refractivity contribution in [2.75, 3.05) is 26.2 Å². The van der Waals surface area contributed by atoms with Crippen LogP contribution in [0.15, 0.2) is 39.7 Å². The van der Waals surface area contributed by atoms with Crippen LogP contribution in [0.4, 0.5) is 8.78 Å². The van der Waals surface area contributed by atoms with Crippen LogP contribution in [0.2, 0.25) is 0 Å². The van der Waals surface area contributed by atoms with E-state index in [0.717, 1.165) is 4.88 Å². The second-order valence-corrected chi connectivity index (χ2v) is 10.2. The van der Waals surface area contributed by atoms with E-state index >= 15 is 0 Å². The lowest BCUT2D eigenvalue weighted by Crippen LogP contribution is -2.50. The predicted molar refractivity (Wildman–Crippen MR) is 99.8 cm³/mol. The Labute approximate surface area is 164 Å². The molecule has 0 aliphatic carbocycles. The summed E-state index contributed by atoms with van der Waals surface area (Å²) in [7, 11) is -3.58. The molecule has 3 rings (SSSR count). The largest absolute Gasteiger partial charge is 0.336 e. The van der Waals surface area contributed by atoms with Crippen molar-refractivity contribution in [3.8, 4) is 0 Å². The normalized spacial score (nSPS) is 16.1. The third-order valence-electron chi connectivity index (χ3n) is 4.04. The highest BCUT2D eigenvalue weighted by molar-refractivity contribution is 7.99. The number of hydrogen-bond acceptors (Lipinski definition) is 6. The summed E-state index contributed by atoms with van der Waals surface area (Å²) in [5.74, 6) is -3.10. The van der Waals surface area contributed by atoms with Crippen molar-refractivity contribution in [3.63, 3.8) is 0 Å². The van der Waals surface area contributed by atoms with E-state index in [1.165, 1.54) is 38.9 Å². The number of pyridine rings is 1. The van der Waals surface area contributed by atoms with E-state index < -0.39 is 21.7 Å². The number of hydrogen-bond donors (Lipinski definition) is 0. The number of sulfonamides is 1. The second-order valence-electron chi connectivity index (χ2n) is 5.80. The maximum atomic E-state index is 12.7. The van der Waals surface area contributed by atoms with Crippen molar-refractivity contribution >= 4 is 39.0 Å². The summed E-state index contributed by atoms with van der Waals surface area (Å²) in [5.41, 5.74) is 0.105.